The first-order valence-electron chi connectivity index (χ1n) is 6.99. The smallest absolute Gasteiger partial charge is 0.373 e. The van der Waals surface area contributed by atoms with Gasteiger partial charge < -0.3 is 23.3 Å². The van der Waals surface area contributed by atoms with Crippen LogP contribution in [-0.2, 0) is 0 Å². The Hall–Kier alpha value is 0.675. The summed E-state index contributed by atoms with van der Waals surface area (Å²) in [6.45, 7) is 8.93. The van der Waals surface area contributed by atoms with Crippen molar-refractivity contribution in [1.82, 2.24) is 0 Å². The minimum atomic E-state index is 0. The van der Waals surface area contributed by atoms with Crippen LogP contribution in [0.5, 0.6) is 0 Å². The van der Waals surface area contributed by atoms with Gasteiger partial charge in [0, 0.05) is 0 Å². The molecular weight excluding hydrogens is 206 g/mol. The average molecular weight is 234 g/mol. The van der Waals surface area contributed by atoms with Gasteiger partial charge in [0.05, 0.1) is 0 Å². The Morgan fingerprint density at radius 3 is 1.17 bits per heavy atom. The molecule has 2 heteroatoms. The van der Waals surface area contributed by atoms with Gasteiger partial charge in [0.1, 0.15) is 0 Å². The molecule has 0 spiro atoms. The number of allylic oxidation sites excluding steroid dienone is 4. The fourth-order valence-corrected chi connectivity index (χ4v) is 1.74. The van der Waals surface area contributed by atoms with Crippen molar-refractivity contribution in [2.45, 2.75) is 79.1 Å². The van der Waals surface area contributed by atoms with Crippen molar-refractivity contribution >= 4 is 0 Å². The van der Waals surface area contributed by atoms with E-state index in [-0.39, 0.29) is 37.7 Å². The van der Waals surface area contributed by atoms with Crippen molar-refractivity contribution in [2.75, 3.05) is 0 Å². The maximum atomic E-state index is 3.58. The van der Waals surface area contributed by atoms with Gasteiger partial charge in [-0.25, -0.2) is 0 Å². The molecular formula is C16H28Li2. The zero-order valence-corrected chi connectivity index (χ0v) is 13.7. The molecule has 0 radical (unpaired) electrons. The third kappa shape index (κ3) is 11.7. The molecule has 0 fully saturated rings. The van der Waals surface area contributed by atoms with E-state index in [0.717, 1.165) is 12.8 Å². The van der Waals surface area contributed by atoms with Gasteiger partial charge in [-0.15, -0.1) is 25.7 Å². The van der Waals surface area contributed by atoms with Crippen molar-refractivity contribution in [2.24, 2.45) is 0 Å². The van der Waals surface area contributed by atoms with Gasteiger partial charge in [-0.2, -0.15) is 0 Å². The molecule has 0 heterocycles. The molecule has 0 aromatic heterocycles. The first-order valence-corrected chi connectivity index (χ1v) is 6.99. The Bertz CT molecular complexity index is 193. The minimum Gasteiger partial charge on any atom is -0.373 e. The molecule has 0 N–H and O–H groups in total. The molecule has 0 aromatic rings. The van der Waals surface area contributed by atoms with Gasteiger partial charge in [0.2, 0.25) is 0 Å². The van der Waals surface area contributed by atoms with Crippen molar-refractivity contribution in [1.29, 1.82) is 0 Å². The van der Waals surface area contributed by atoms with E-state index in [0.29, 0.717) is 0 Å². The maximum Gasteiger partial charge on any atom is 1.00 e. The second-order valence-corrected chi connectivity index (χ2v) is 4.31. The Labute approximate surface area is 139 Å². The summed E-state index contributed by atoms with van der Waals surface area (Å²) in [7, 11) is 0. The van der Waals surface area contributed by atoms with Crippen LogP contribution < -0.4 is 37.7 Å². The summed E-state index contributed by atoms with van der Waals surface area (Å²) in [5, 5.41) is 0. The fourth-order valence-electron chi connectivity index (χ4n) is 1.74. The summed E-state index contributed by atoms with van der Waals surface area (Å²) in [4.78, 5) is 0. The second kappa shape index (κ2) is 17.7. The van der Waals surface area contributed by atoms with Crippen molar-refractivity contribution in [3.63, 3.8) is 0 Å². The molecule has 0 aliphatic carbocycles. The van der Waals surface area contributed by atoms with Crippen LogP contribution in [-0.4, -0.2) is 0 Å². The number of unbranched alkanes of at least 4 members (excludes halogenated alkanes) is 2. The minimum absolute atomic E-state index is 0. The topological polar surface area (TPSA) is 0 Å². The van der Waals surface area contributed by atoms with E-state index in [9.17, 15) is 0 Å². The molecule has 0 rings (SSSR count). The van der Waals surface area contributed by atoms with Crippen LogP contribution in [0, 0.1) is 12.2 Å². The van der Waals surface area contributed by atoms with E-state index >= 15 is 0 Å². The van der Waals surface area contributed by atoms with E-state index in [2.05, 4.69) is 39.8 Å². The van der Waals surface area contributed by atoms with Gasteiger partial charge in [0.25, 0.3) is 0 Å². The third-order valence-corrected chi connectivity index (χ3v) is 2.54. The summed E-state index contributed by atoms with van der Waals surface area (Å²) in [6.07, 6.45) is 16.5. The Morgan fingerprint density at radius 2 is 0.944 bits per heavy atom. The standard InChI is InChI=1S/C16H28.2Li/c1-5-9-13-15(11-7-3)16(12-8-4)14-10-6-2;;/h5-12H2,1-4H3;;/q-2;2*+1. The molecule has 0 nitrogen and oxygen atoms in total. The number of hydrogen-bond acceptors (Lipinski definition) is 0. The maximum absolute atomic E-state index is 3.58. The van der Waals surface area contributed by atoms with Crippen molar-refractivity contribution < 1.29 is 37.7 Å². The van der Waals surface area contributed by atoms with Crippen LogP contribution in [0.2, 0.25) is 0 Å². The average Bonchev–Trinajstić information content (AvgIpc) is 2.30. The molecule has 0 atom stereocenters. The van der Waals surface area contributed by atoms with E-state index in [1.165, 1.54) is 49.7 Å². The summed E-state index contributed by atoms with van der Waals surface area (Å²) < 4.78 is 0. The van der Waals surface area contributed by atoms with Gasteiger partial charge in [-0.3, -0.25) is 0 Å². The molecule has 0 amide bonds. The monoisotopic (exact) mass is 234 g/mol. The Morgan fingerprint density at radius 1 is 0.611 bits per heavy atom. The number of rotatable bonds is 9. The van der Waals surface area contributed by atoms with Crippen LogP contribution in [0.3, 0.4) is 0 Å². The van der Waals surface area contributed by atoms with Gasteiger partial charge in [0.15, 0.2) is 0 Å². The number of hydrogen-bond donors (Lipinski definition) is 0. The summed E-state index contributed by atoms with van der Waals surface area (Å²) >= 11 is 0. The van der Waals surface area contributed by atoms with Gasteiger partial charge in [-0.1, -0.05) is 53.4 Å². The normalized spacial score (nSPS) is 11.8. The Kier molecular flexibility index (Phi) is 23.3. The molecule has 0 aliphatic heterocycles. The third-order valence-electron chi connectivity index (χ3n) is 2.54. The van der Waals surface area contributed by atoms with Crippen LogP contribution in [0.4, 0.5) is 0 Å². The second-order valence-electron chi connectivity index (χ2n) is 4.31. The molecule has 94 valence electrons. The zero-order valence-electron chi connectivity index (χ0n) is 13.7. The largest absolute Gasteiger partial charge is 1.00 e. The van der Waals surface area contributed by atoms with Crippen molar-refractivity contribution in [3.8, 4) is 0 Å². The molecule has 0 saturated heterocycles. The molecule has 0 saturated carbocycles. The van der Waals surface area contributed by atoms with E-state index in [1.807, 2.05) is 0 Å². The SMILES string of the molecule is CCC[C-]=C(CCC)C(=[C-]CCC)CCC.[Li+].[Li+]. The van der Waals surface area contributed by atoms with Crippen LogP contribution in [0.15, 0.2) is 11.1 Å². The molecule has 18 heavy (non-hydrogen) atoms. The van der Waals surface area contributed by atoms with Gasteiger partial charge >= 0.3 is 37.7 Å². The van der Waals surface area contributed by atoms with Gasteiger partial charge in [-0.05, 0) is 0 Å². The predicted octanol–water partition coefficient (Wildman–Crippen LogP) is -0.346. The summed E-state index contributed by atoms with van der Waals surface area (Å²) in [5.41, 5.74) is 2.89. The summed E-state index contributed by atoms with van der Waals surface area (Å²) in [6, 6.07) is 0. The zero-order chi connectivity index (χ0) is 12.2. The molecule has 0 aromatic carbocycles. The first kappa shape index (κ1) is 23.7. The van der Waals surface area contributed by atoms with E-state index in [1.54, 1.807) is 0 Å². The Balaban J connectivity index is -0.00000112. The quantitative estimate of drug-likeness (QED) is 0.291. The molecule has 0 bridgehead atoms. The van der Waals surface area contributed by atoms with Crippen LogP contribution in [0.25, 0.3) is 0 Å². The van der Waals surface area contributed by atoms with E-state index < -0.39 is 0 Å². The molecule has 0 unspecified atom stereocenters. The predicted molar refractivity (Wildman–Crippen MR) is 73.1 cm³/mol. The van der Waals surface area contributed by atoms with E-state index in [4.69, 9.17) is 0 Å². The van der Waals surface area contributed by atoms with Crippen LogP contribution >= 0.6 is 0 Å². The van der Waals surface area contributed by atoms with Crippen molar-refractivity contribution in [3.05, 3.63) is 23.3 Å². The first-order chi connectivity index (χ1) is 7.79. The van der Waals surface area contributed by atoms with Crippen LogP contribution in [0.1, 0.15) is 79.1 Å². The fraction of sp³-hybridized carbons (Fsp3) is 0.750. The summed E-state index contributed by atoms with van der Waals surface area (Å²) in [5.74, 6) is 0. The molecule has 0 aliphatic rings.